The van der Waals surface area contributed by atoms with Gasteiger partial charge < -0.3 is 19.7 Å². The molecule has 146 valence electrons. The lowest BCUT2D eigenvalue weighted by Crippen LogP contribution is -2.39. The summed E-state index contributed by atoms with van der Waals surface area (Å²) in [5.41, 5.74) is 2.54. The van der Waals surface area contributed by atoms with E-state index >= 15 is 0 Å². The number of carbonyl (C=O) groups is 2. The topological polar surface area (TPSA) is 67.9 Å². The smallest absolute Gasteiger partial charge is 0.263 e. The SMILES string of the molecule is COc1ccc(CC(=O)Nc2ccc3c(c2)CN(C2CC2)C(=O)[C@@H](C)O3)cc1. The molecule has 28 heavy (non-hydrogen) atoms. The molecule has 4 rings (SSSR count). The molecule has 2 amide bonds. The van der Waals surface area contributed by atoms with E-state index in [1.54, 1.807) is 14.0 Å². The molecule has 0 radical (unpaired) electrons. The number of hydrogen-bond acceptors (Lipinski definition) is 4. The van der Waals surface area contributed by atoms with Gasteiger partial charge in [-0.1, -0.05) is 12.1 Å². The molecule has 6 nitrogen and oxygen atoms in total. The number of methoxy groups -OCH3 is 1. The molecule has 1 N–H and O–H groups in total. The van der Waals surface area contributed by atoms with Gasteiger partial charge in [0, 0.05) is 23.8 Å². The van der Waals surface area contributed by atoms with E-state index in [-0.39, 0.29) is 18.2 Å². The van der Waals surface area contributed by atoms with Gasteiger partial charge in [-0.05, 0) is 55.7 Å². The highest BCUT2D eigenvalue weighted by molar-refractivity contribution is 5.92. The summed E-state index contributed by atoms with van der Waals surface area (Å²) in [6.07, 6.45) is 1.89. The van der Waals surface area contributed by atoms with E-state index in [0.29, 0.717) is 24.0 Å². The van der Waals surface area contributed by atoms with E-state index in [0.717, 1.165) is 29.7 Å². The van der Waals surface area contributed by atoms with Gasteiger partial charge in [-0.15, -0.1) is 0 Å². The number of carbonyl (C=O) groups excluding carboxylic acids is 2. The number of hydrogen-bond donors (Lipinski definition) is 1. The van der Waals surface area contributed by atoms with E-state index in [1.807, 2.05) is 47.4 Å². The molecule has 1 saturated carbocycles. The highest BCUT2D eigenvalue weighted by Crippen LogP contribution is 2.35. The molecule has 1 heterocycles. The lowest BCUT2D eigenvalue weighted by molar-refractivity contribution is -0.138. The number of nitrogens with zero attached hydrogens (tertiary/aromatic N) is 1. The van der Waals surface area contributed by atoms with Crippen molar-refractivity contribution in [1.29, 1.82) is 0 Å². The van der Waals surface area contributed by atoms with Crippen molar-refractivity contribution in [2.24, 2.45) is 0 Å². The number of fused-ring (bicyclic) bond motifs is 1. The average Bonchev–Trinajstić information content (AvgIpc) is 3.53. The summed E-state index contributed by atoms with van der Waals surface area (Å²) in [4.78, 5) is 26.9. The third-order valence-corrected chi connectivity index (χ3v) is 5.13. The molecular formula is C22H24N2O4. The minimum atomic E-state index is -0.489. The van der Waals surface area contributed by atoms with Crippen LogP contribution in [0.4, 0.5) is 5.69 Å². The normalized spacial score (nSPS) is 18.7. The Hall–Kier alpha value is -3.02. The van der Waals surface area contributed by atoms with Crippen molar-refractivity contribution in [3.05, 3.63) is 53.6 Å². The van der Waals surface area contributed by atoms with Gasteiger partial charge in [0.2, 0.25) is 5.91 Å². The quantitative estimate of drug-likeness (QED) is 0.865. The Bertz CT molecular complexity index is 890. The summed E-state index contributed by atoms with van der Waals surface area (Å²) >= 11 is 0. The van der Waals surface area contributed by atoms with Crippen LogP contribution in [0.25, 0.3) is 0 Å². The largest absolute Gasteiger partial charge is 0.497 e. The highest BCUT2D eigenvalue weighted by atomic mass is 16.5. The number of rotatable bonds is 5. The van der Waals surface area contributed by atoms with Crippen molar-refractivity contribution < 1.29 is 19.1 Å². The Morgan fingerprint density at radius 1 is 1.21 bits per heavy atom. The molecule has 0 spiro atoms. The van der Waals surface area contributed by atoms with Crippen LogP contribution in [0.5, 0.6) is 11.5 Å². The molecular weight excluding hydrogens is 356 g/mol. The Kier molecular flexibility index (Phi) is 4.94. The van der Waals surface area contributed by atoms with Gasteiger partial charge in [0.05, 0.1) is 13.5 Å². The molecule has 0 aromatic heterocycles. The van der Waals surface area contributed by atoms with Crippen LogP contribution < -0.4 is 14.8 Å². The molecule has 2 aromatic carbocycles. The van der Waals surface area contributed by atoms with Gasteiger partial charge in [-0.3, -0.25) is 9.59 Å². The predicted molar refractivity (Wildman–Crippen MR) is 105 cm³/mol. The standard InChI is InChI=1S/C22H24N2O4/c1-14-22(26)24(18-6-7-18)13-16-12-17(5-10-20(16)28-14)23-21(25)11-15-3-8-19(27-2)9-4-15/h3-5,8-10,12,14,18H,6-7,11,13H2,1-2H3,(H,23,25)/t14-/m1/s1. The average molecular weight is 380 g/mol. The molecule has 1 aliphatic heterocycles. The summed E-state index contributed by atoms with van der Waals surface area (Å²) < 4.78 is 11.0. The maximum Gasteiger partial charge on any atom is 0.263 e. The number of amides is 2. The van der Waals surface area contributed by atoms with Crippen LogP contribution in [-0.4, -0.2) is 36.0 Å². The number of anilines is 1. The van der Waals surface area contributed by atoms with Crippen molar-refractivity contribution in [3.63, 3.8) is 0 Å². The Balaban J connectivity index is 1.46. The summed E-state index contributed by atoms with van der Waals surface area (Å²) in [7, 11) is 1.61. The van der Waals surface area contributed by atoms with Gasteiger partial charge in [0.1, 0.15) is 11.5 Å². The van der Waals surface area contributed by atoms with Crippen LogP contribution in [0.2, 0.25) is 0 Å². The van der Waals surface area contributed by atoms with Crippen LogP contribution in [-0.2, 0) is 22.6 Å². The third kappa shape index (κ3) is 3.96. The maximum atomic E-state index is 12.5. The maximum absolute atomic E-state index is 12.5. The van der Waals surface area contributed by atoms with Crippen molar-refractivity contribution >= 4 is 17.5 Å². The second kappa shape index (κ2) is 7.54. The Morgan fingerprint density at radius 2 is 1.96 bits per heavy atom. The summed E-state index contributed by atoms with van der Waals surface area (Å²) in [5, 5.41) is 2.94. The Labute approximate surface area is 164 Å². The second-order valence-corrected chi connectivity index (χ2v) is 7.35. The van der Waals surface area contributed by atoms with Crippen LogP contribution >= 0.6 is 0 Å². The summed E-state index contributed by atoms with van der Waals surface area (Å²) in [5.74, 6) is 1.41. The lowest BCUT2D eigenvalue weighted by Gasteiger charge is -2.21. The summed E-state index contributed by atoms with van der Waals surface area (Å²) in [6, 6.07) is 13.3. The van der Waals surface area contributed by atoms with Crippen LogP contribution in [0.3, 0.4) is 0 Å². The molecule has 0 saturated heterocycles. The Morgan fingerprint density at radius 3 is 2.64 bits per heavy atom. The third-order valence-electron chi connectivity index (χ3n) is 5.13. The van der Waals surface area contributed by atoms with Crippen molar-refractivity contribution in [2.45, 2.75) is 44.9 Å². The van der Waals surface area contributed by atoms with Crippen LogP contribution in [0.1, 0.15) is 30.9 Å². The fraction of sp³-hybridized carbons (Fsp3) is 0.364. The number of benzene rings is 2. The van der Waals surface area contributed by atoms with Gasteiger partial charge in [-0.2, -0.15) is 0 Å². The molecule has 1 aliphatic carbocycles. The first kappa shape index (κ1) is 18.3. The molecule has 1 atom stereocenters. The molecule has 6 heteroatoms. The minimum absolute atomic E-state index is 0.0313. The van der Waals surface area contributed by atoms with Gasteiger partial charge in [-0.25, -0.2) is 0 Å². The van der Waals surface area contributed by atoms with Crippen molar-refractivity contribution in [1.82, 2.24) is 4.90 Å². The van der Waals surface area contributed by atoms with Gasteiger partial charge in [0.25, 0.3) is 5.91 Å². The van der Waals surface area contributed by atoms with E-state index in [2.05, 4.69) is 5.32 Å². The van der Waals surface area contributed by atoms with Gasteiger partial charge >= 0.3 is 0 Å². The van der Waals surface area contributed by atoms with Crippen LogP contribution in [0.15, 0.2) is 42.5 Å². The fourth-order valence-electron chi connectivity index (χ4n) is 3.46. The van der Waals surface area contributed by atoms with Gasteiger partial charge in [0.15, 0.2) is 6.10 Å². The molecule has 2 aliphatic rings. The zero-order valence-electron chi connectivity index (χ0n) is 16.1. The minimum Gasteiger partial charge on any atom is -0.497 e. The van der Waals surface area contributed by atoms with Crippen LogP contribution in [0, 0.1) is 0 Å². The first-order valence-corrected chi connectivity index (χ1v) is 9.56. The second-order valence-electron chi connectivity index (χ2n) is 7.35. The first-order chi connectivity index (χ1) is 13.5. The van der Waals surface area contributed by atoms with Crippen molar-refractivity contribution in [3.8, 4) is 11.5 Å². The molecule has 0 unspecified atom stereocenters. The van der Waals surface area contributed by atoms with E-state index < -0.39 is 6.10 Å². The van der Waals surface area contributed by atoms with E-state index in [4.69, 9.17) is 9.47 Å². The monoisotopic (exact) mass is 380 g/mol. The van der Waals surface area contributed by atoms with E-state index in [9.17, 15) is 9.59 Å². The summed E-state index contributed by atoms with van der Waals surface area (Å²) in [6.45, 7) is 2.31. The van der Waals surface area contributed by atoms with Crippen molar-refractivity contribution in [2.75, 3.05) is 12.4 Å². The number of nitrogens with one attached hydrogen (secondary N) is 1. The molecule has 2 aromatic rings. The molecule has 0 bridgehead atoms. The number of ether oxygens (including phenoxy) is 2. The van der Waals surface area contributed by atoms with E-state index in [1.165, 1.54) is 0 Å². The zero-order valence-corrected chi connectivity index (χ0v) is 16.1. The first-order valence-electron chi connectivity index (χ1n) is 9.56. The fourth-order valence-corrected chi connectivity index (χ4v) is 3.46. The molecule has 1 fully saturated rings. The highest BCUT2D eigenvalue weighted by Gasteiger charge is 2.37. The zero-order chi connectivity index (χ0) is 19.7. The lowest BCUT2D eigenvalue weighted by atomic mass is 10.1. The predicted octanol–water partition coefficient (Wildman–Crippen LogP) is 3.15.